The van der Waals surface area contributed by atoms with Crippen molar-refractivity contribution in [2.45, 2.75) is 0 Å². The summed E-state index contributed by atoms with van der Waals surface area (Å²) in [5, 5.41) is 17.6. The van der Waals surface area contributed by atoms with Gasteiger partial charge in [-0.2, -0.15) is 0 Å². The van der Waals surface area contributed by atoms with Crippen molar-refractivity contribution in [3.8, 4) is 5.75 Å². The molecule has 1 fully saturated rings. The number of nitro benzene ring substituents is 1. The van der Waals surface area contributed by atoms with E-state index in [1.807, 2.05) is 4.90 Å². The van der Waals surface area contributed by atoms with Crippen LogP contribution < -0.4 is 20.3 Å². The molecule has 172 valence electrons. The quantitative estimate of drug-likeness (QED) is 0.301. The molecule has 1 amide bonds. The van der Waals surface area contributed by atoms with Gasteiger partial charge in [0, 0.05) is 31.3 Å². The van der Waals surface area contributed by atoms with Crippen molar-refractivity contribution in [2.24, 2.45) is 0 Å². The van der Waals surface area contributed by atoms with Gasteiger partial charge in [0.2, 0.25) is 0 Å². The number of thiocarbonyl (C=S) groups is 1. The number of non-ortho nitro benzene ring substituents is 1. The van der Waals surface area contributed by atoms with E-state index in [1.165, 1.54) is 30.6 Å². The van der Waals surface area contributed by atoms with E-state index in [1.54, 1.807) is 18.2 Å². The number of ether oxygens (including phenoxy) is 2. The number of anilines is 2. The van der Waals surface area contributed by atoms with Crippen LogP contribution in [0.15, 0.2) is 30.3 Å². The molecule has 4 rings (SSSR count). The molecule has 0 saturated carbocycles. The number of morpholine rings is 1. The third-order valence-corrected chi connectivity index (χ3v) is 6.33. The maximum Gasteiger partial charge on any atom is 0.270 e. The Bertz CT molecular complexity index is 1250. The molecule has 1 aliphatic heterocycles. The summed E-state index contributed by atoms with van der Waals surface area (Å²) in [6.45, 7) is 2.14. The predicted molar refractivity (Wildman–Crippen MR) is 131 cm³/mol. The highest BCUT2D eigenvalue weighted by molar-refractivity contribution is 7.80. The summed E-state index contributed by atoms with van der Waals surface area (Å²) in [5.74, 6) is -0.0416. The molecule has 0 unspecified atom stereocenters. The molecular weight excluding hydrogens is 490 g/mol. The van der Waals surface area contributed by atoms with E-state index >= 15 is 0 Å². The average molecular weight is 508 g/mol. The van der Waals surface area contributed by atoms with Gasteiger partial charge >= 0.3 is 0 Å². The van der Waals surface area contributed by atoms with Gasteiger partial charge in [-0.3, -0.25) is 20.2 Å². The largest absolute Gasteiger partial charge is 0.495 e. The van der Waals surface area contributed by atoms with Crippen molar-refractivity contribution >= 4 is 72.9 Å². The van der Waals surface area contributed by atoms with Crippen LogP contribution in [0.5, 0.6) is 5.75 Å². The molecule has 0 aliphatic carbocycles. The molecule has 33 heavy (non-hydrogen) atoms. The van der Waals surface area contributed by atoms with Gasteiger partial charge in [-0.05, 0) is 24.4 Å². The number of aromatic nitrogens is 1. The van der Waals surface area contributed by atoms with Gasteiger partial charge < -0.3 is 19.7 Å². The smallest absolute Gasteiger partial charge is 0.270 e. The van der Waals surface area contributed by atoms with Crippen LogP contribution in [-0.4, -0.2) is 54.3 Å². The number of halogens is 1. The average Bonchev–Trinajstić information content (AvgIpc) is 3.19. The van der Waals surface area contributed by atoms with Crippen LogP contribution in [0.1, 0.15) is 10.4 Å². The van der Waals surface area contributed by atoms with E-state index in [4.69, 9.17) is 33.3 Å². The molecule has 0 spiro atoms. The van der Waals surface area contributed by atoms with E-state index in [0.717, 1.165) is 4.70 Å². The van der Waals surface area contributed by atoms with Crippen LogP contribution in [0, 0.1) is 10.1 Å². The lowest BCUT2D eigenvalue weighted by Gasteiger charge is -2.30. The molecule has 2 N–H and O–H groups in total. The van der Waals surface area contributed by atoms with E-state index in [-0.39, 0.29) is 16.4 Å². The van der Waals surface area contributed by atoms with Crippen molar-refractivity contribution in [3.05, 3.63) is 51.0 Å². The Labute approximate surface area is 202 Å². The molecule has 0 bridgehead atoms. The monoisotopic (exact) mass is 507 g/mol. The first-order chi connectivity index (χ1) is 15.9. The van der Waals surface area contributed by atoms with Crippen molar-refractivity contribution < 1.29 is 19.2 Å². The molecule has 2 aromatic carbocycles. The number of carbonyl (C=O) groups excluding carboxylic acids is 1. The zero-order valence-corrected chi connectivity index (χ0v) is 19.7. The van der Waals surface area contributed by atoms with Crippen molar-refractivity contribution in [1.82, 2.24) is 10.3 Å². The van der Waals surface area contributed by atoms with Gasteiger partial charge in [-0.1, -0.05) is 22.9 Å². The number of thiazole rings is 1. The summed E-state index contributed by atoms with van der Waals surface area (Å²) in [6, 6.07) is 7.63. The Morgan fingerprint density at radius 2 is 2.09 bits per heavy atom. The number of nitro groups is 1. The molecule has 1 aliphatic rings. The summed E-state index contributed by atoms with van der Waals surface area (Å²) >= 11 is 12.7. The van der Waals surface area contributed by atoms with Gasteiger partial charge in [0.25, 0.3) is 11.6 Å². The van der Waals surface area contributed by atoms with Crippen LogP contribution in [0.3, 0.4) is 0 Å². The fraction of sp³-hybridized carbons (Fsp3) is 0.250. The molecule has 0 atom stereocenters. The van der Waals surface area contributed by atoms with E-state index in [0.29, 0.717) is 53.4 Å². The summed E-state index contributed by atoms with van der Waals surface area (Å²) in [7, 11) is 1.52. The Kier molecular flexibility index (Phi) is 6.88. The minimum Gasteiger partial charge on any atom is -0.495 e. The fourth-order valence-corrected chi connectivity index (χ4v) is 4.71. The molecule has 10 nitrogen and oxygen atoms in total. The third kappa shape index (κ3) is 5.14. The summed E-state index contributed by atoms with van der Waals surface area (Å²) < 4.78 is 11.4. The number of nitrogens with one attached hydrogen (secondary N) is 2. The minimum atomic E-state index is -0.566. The normalized spacial score (nSPS) is 13.6. The highest BCUT2D eigenvalue weighted by atomic mass is 35.5. The molecule has 1 saturated heterocycles. The van der Waals surface area contributed by atoms with Crippen LogP contribution in [0.2, 0.25) is 5.02 Å². The number of benzene rings is 2. The highest BCUT2D eigenvalue weighted by Gasteiger charge is 2.23. The first-order valence-electron chi connectivity index (χ1n) is 9.73. The van der Waals surface area contributed by atoms with Gasteiger partial charge in [0.1, 0.15) is 5.75 Å². The van der Waals surface area contributed by atoms with Crippen LogP contribution in [-0.2, 0) is 4.74 Å². The fourth-order valence-electron chi connectivity index (χ4n) is 3.34. The number of nitrogens with zero attached hydrogens (tertiary/aromatic N) is 3. The van der Waals surface area contributed by atoms with Crippen LogP contribution in [0.4, 0.5) is 16.5 Å². The predicted octanol–water partition coefficient (Wildman–Crippen LogP) is 3.83. The van der Waals surface area contributed by atoms with Gasteiger partial charge in [-0.15, -0.1) is 0 Å². The Hall–Kier alpha value is -3.06. The Balaban J connectivity index is 1.53. The third-order valence-electron chi connectivity index (χ3n) is 4.90. The molecule has 13 heteroatoms. The number of amides is 1. The minimum absolute atomic E-state index is 0.0107. The lowest BCUT2D eigenvalue weighted by atomic mass is 10.1. The van der Waals surface area contributed by atoms with E-state index < -0.39 is 10.8 Å². The van der Waals surface area contributed by atoms with Crippen molar-refractivity contribution in [1.29, 1.82) is 0 Å². The molecular formula is C20H18ClN5O5S2. The maximum atomic E-state index is 13.0. The van der Waals surface area contributed by atoms with Gasteiger partial charge in [0.15, 0.2) is 10.2 Å². The molecule has 2 heterocycles. The van der Waals surface area contributed by atoms with Gasteiger partial charge in [0.05, 0.1) is 51.7 Å². The van der Waals surface area contributed by atoms with Crippen molar-refractivity contribution in [3.63, 3.8) is 0 Å². The van der Waals surface area contributed by atoms with E-state index in [2.05, 4.69) is 15.6 Å². The number of methoxy groups -OCH3 is 1. The lowest BCUT2D eigenvalue weighted by molar-refractivity contribution is -0.384. The SMILES string of the molecule is COc1cc2sc(NC(=S)NC(=O)c3cc([N+](=O)[O-])ccc3N3CCOCC3)nc2cc1Cl. The van der Waals surface area contributed by atoms with Crippen LogP contribution in [0.25, 0.3) is 10.2 Å². The van der Waals surface area contributed by atoms with Gasteiger partial charge in [-0.25, -0.2) is 4.98 Å². The van der Waals surface area contributed by atoms with Crippen LogP contribution >= 0.6 is 35.2 Å². The molecule has 1 aromatic heterocycles. The zero-order chi connectivity index (χ0) is 23.5. The van der Waals surface area contributed by atoms with Crippen molar-refractivity contribution in [2.75, 3.05) is 43.6 Å². The number of rotatable bonds is 5. The Morgan fingerprint density at radius 1 is 1.33 bits per heavy atom. The molecule has 0 radical (unpaired) electrons. The maximum absolute atomic E-state index is 13.0. The first kappa shape index (κ1) is 23.1. The number of carbonyl (C=O) groups is 1. The highest BCUT2D eigenvalue weighted by Crippen LogP contribution is 2.34. The number of hydrogen-bond donors (Lipinski definition) is 2. The zero-order valence-electron chi connectivity index (χ0n) is 17.3. The second-order valence-electron chi connectivity index (χ2n) is 6.94. The standard InChI is InChI=1S/C20H18ClN5O5S2/c1-30-16-10-17-14(9-13(16)21)22-20(33-17)24-19(32)23-18(27)12-8-11(26(28)29)2-3-15(12)25-4-6-31-7-5-25/h2-3,8-10H,4-7H2,1H3,(H2,22,23,24,27,32). The number of hydrogen-bond acceptors (Lipinski definition) is 9. The second kappa shape index (κ2) is 9.83. The summed E-state index contributed by atoms with van der Waals surface area (Å²) in [6.07, 6.45) is 0. The van der Waals surface area contributed by atoms with E-state index in [9.17, 15) is 14.9 Å². The topological polar surface area (TPSA) is 119 Å². The second-order valence-corrected chi connectivity index (χ2v) is 8.79. The Morgan fingerprint density at radius 3 is 2.79 bits per heavy atom. The summed E-state index contributed by atoms with van der Waals surface area (Å²) in [4.78, 5) is 30.1. The number of fused-ring (bicyclic) bond motifs is 1. The first-order valence-corrected chi connectivity index (χ1v) is 11.3. The lowest BCUT2D eigenvalue weighted by Crippen LogP contribution is -2.39. The summed E-state index contributed by atoms with van der Waals surface area (Å²) in [5.41, 5.74) is 1.19. The molecule has 3 aromatic rings.